The molecule has 1 fully saturated rings. The van der Waals surface area contributed by atoms with Gasteiger partial charge in [-0.25, -0.2) is 9.97 Å². The van der Waals surface area contributed by atoms with E-state index in [0.717, 1.165) is 47.3 Å². The lowest BCUT2D eigenvalue weighted by Gasteiger charge is -2.32. The third-order valence-electron chi connectivity index (χ3n) is 6.53. The third kappa shape index (κ3) is 8.47. The van der Waals surface area contributed by atoms with Crippen molar-refractivity contribution in [3.63, 3.8) is 0 Å². The minimum Gasteiger partial charge on any atom is -0.494 e. The molecule has 4 rings (SSSR count). The number of alkyl halides is 6. The lowest BCUT2D eigenvalue weighted by atomic mass is 10.0. The monoisotopic (exact) mass is 597 g/mol. The van der Waals surface area contributed by atoms with Crippen LogP contribution in [0.1, 0.15) is 46.9 Å². The standard InChI is InChI=1S/C28H29F6N5O3/c1-3-41-23-14-18(5-4-17(23)2)16-39-12-10-20(11-13-39)37-26-35-15-22(24(38-26)27(29,30)31)25(40)36-19-6-8-21(9-7-19)42-28(32,33)34/h4-9,14-15,20H,3,10-13,16H2,1-2H3,(H,36,40)(H,35,37,38). The maximum absolute atomic E-state index is 13.8. The molecule has 0 unspecified atom stereocenters. The molecule has 2 aromatic carbocycles. The fraction of sp³-hybridized carbons (Fsp3) is 0.393. The van der Waals surface area contributed by atoms with E-state index in [2.05, 4.69) is 30.2 Å². The Morgan fingerprint density at radius 3 is 2.36 bits per heavy atom. The summed E-state index contributed by atoms with van der Waals surface area (Å²) in [6, 6.07) is 9.86. The second-order valence-electron chi connectivity index (χ2n) is 9.71. The van der Waals surface area contributed by atoms with E-state index in [1.54, 1.807) is 0 Å². The number of ether oxygens (including phenoxy) is 2. The summed E-state index contributed by atoms with van der Waals surface area (Å²) in [6.07, 6.45) is -7.81. The minimum atomic E-state index is -4.96. The number of nitrogens with one attached hydrogen (secondary N) is 2. The van der Waals surface area contributed by atoms with Gasteiger partial charge in [0.25, 0.3) is 5.91 Å². The quantitative estimate of drug-likeness (QED) is 0.275. The smallest absolute Gasteiger partial charge is 0.494 e. The first-order valence-electron chi connectivity index (χ1n) is 13.1. The molecule has 8 nitrogen and oxygen atoms in total. The van der Waals surface area contributed by atoms with Crippen molar-refractivity contribution in [2.45, 2.75) is 51.8 Å². The average Bonchev–Trinajstić information content (AvgIpc) is 2.91. The van der Waals surface area contributed by atoms with Gasteiger partial charge in [0, 0.05) is 37.6 Å². The van der Waals surface area contributed by atoms with Crippen LogP contribution in [0, 0.1) is 6.92 Å². The molecule has 2 heterocycles. The number of rotatable bonds is 9. The van der Waals surface area contributed by atoms with Crippen LogP contribution in [-0.2, 0) is 12.7 Å². The number of amides is 1. The highest BCUT2D eigenvalue weighted by atomic mass is 19.4. The third-order valence-corrected chi connectivity index (χ3v) is 6.53. The van der Waals surface area contributed by atoms with E-state index in [1.807, 2.05) is 32.0 Å². The molecule has 0 atom stereocenters. The Kier molecular flexibility index (Phi) is 9.44. The summed E-state index contributed by atoms with van der Waals surface area (Å²) in [5.74, 6) is -1.14. The highest BCUT2D eigenvalue weighted by Gasteiger charge is 2.38. The number of halogens is 6. The molecule has 1 amide bonds. The van der Waals surface area contributed by atoms with Gasteiger partial charge in [-0.2, -0.15) is 13.2 Å². The summed E-state index contributed by atoms with van der Waals surface area (Å²) in [5, 5.41) is 5.16. The molecule has 0 bridgehead atoms. The molecule has 3 aromatic rings. The zero-order valence-electron chi connectivity index (χ0n) is 22.8. The first kappa shape index (κ1) is 30.9. The fourth-order valence-electron chi connectivity index (χ4n) is 4.50. The zero-order chi connectivity index (χ0) is 30.5. The molecule has 0 aliphatic carbocycles. The van der Waals surface area contributed by atoms with Crippen molar-refractivity contribution in [2.24, 2.45) is 0 Å². The van der Waals surface area contributed by atoms with E-state index in [9.17, 15) is 31.1 Å². The molecule has 0 spiro atoms. The Morgan fingerprint density at radius 1 is 1.05 bits per heavy atom. The highest BCUT2D eigenvalue weighted by molar-refractivity contribution is 6.05. The first-order valence-corrected chi connectivity index (χ1v) is 13.1. The van der Waals surface area contributed by atoms with Crippen molar-refractivity contribution in [1.29, 1.82) is 0 Å². The number of nitrogens with zero attached hydrogens (tertiary/aromatic N) is 3. The summed E-state index contributed by atoms with van der Waals surface area (Å²) >= 11 is 0. The van der Waals surface area contributed by atoms with Crippen LogP contribution in [0.4, 0.5) is 38.0 Å². The number of aryl methyl sites for hydroxylation is 1. The van der Waals surface area contributed by atoms with Gasteiger partial charge in [0.15, 0.2) is 5.69 Å². The zero-order valence-corrected chi connectivity index (χ0v) is 22.8. The van der Waals surface area contributed by atoms with Crippen molar-refractivity contribution in [3.05, 3.63) is 71.0 Å². The fourth-order valence-corrected chi connectivity index (χ4v) is 4.50. The molecule has 226 valence electrons. The molecular formula is C28H29F6N5O3. The molecular weight excluding hydrogens is 568 g/mol. The van der Waals surface area contributed by atoms with Crippen molar-refractivity contribution in [1.82, 2.24) is 14.9 Å². The first-order chi connectivity index (χ1) is 19.8. The summed E-state index contributed by atoms with van der Waals surface area (Å²) in [4.78, 5) is 22.4. The maximum atomic E-state index is 13.8. The lowest BCUT2D eigenvalue weighted by Crippen LogP contribution is -2.39. The van der Waals surface area contributed by atoms with Crippen molar-refractivity contribution < 1.29 is 40.6 Å². The van der Waals surface area contributed by atoms with Gasteiger partial charge in [0.05, 0.1) is 12.2 Å². The summed E-state index contributed by atoms with van der Waals surface area (Å²) in [5.41, 5.74) is -0.150. The van der Waals surface area contributed by atoms with Crippen LogP contribution in [0.5, 0.6) is 11.5 Å². The van der Waals surface area contributed by atoms with E-state index in [0.29, 0.717) is 39.1 Å². The Hall–Kier alpha value is -4.07. The molecule has 1 saturated heterocycles. The topological polar surface area (TPSA) is 88.6 Å². The normalized spacial score (nSPS) is 14.9. The van der Waals surface area contributed by atoms with Gasteiger partial charge in [-0.05, 0) is 68.1 Å². The number of carbonyl (C=O) groups is 1. The summed E-state index contributed by atoms with van der Waals surface area (Å²) in [6.45, 7) is 6.60. The Labute approximate surface area is 238 Å². The summed E-state index contributed by atoms with van der Waals surface area (Å²) < 4.78 is 87.9. The van der Waals surface area contributed by atoms with Gasteiger partial charge >= 0.3 is 12.5 Å². The number of anilines is 2. The van der Waals surface area contributed by atoms with Gasteiger partial charge in [-0.15, -0.1) is 13.2 Å². The van der Waals surface area contributed by atoms with Crippen LogP contribution in [0.25, 0.3) is 0 Å². The number of hydrogen-bond donors (Lipinski definition) is 2. The molecule has 1 aliphatic rings. The largest absolute Gasteiger partial charge is 0.573 e. The molecule has 0 saturated carbocycles. The van der Waals surface area contributed by atoms with E-state index in [1.165, 1.54) is 0 Å². The number of piperidine rings is 1. The molecule has 1 aliphatic heterocycles. The average molecular weight is 598 g/mol. The predicted octanol–water partition coefficient (Wildman–Crippen LogP) is 6.43. The number of likely N-dealkylation sites (tertiary alicyclic amines) is 1. The predicted molar refractivity (Wildman–Crippen MR) is 142 cm³/mol. The number of aromatic nitrogens is 2. The molecule has 0 radical (unpaired) electrons. The molecule has 14 heteroatoms. The van der Waals surface area contributed by atoms with Crippen LogP contribution in [0.15, 0.2) is 48.7 Å². The summed E-state index contributed by atoms with van der Waals surface area (Å²) in [7, 11) is 0. The molecule has 1 aromatic heterocycles. The van der Waals surface area contributed by atoms with Crippen molar-refractivity contribution in [2.75, 3.05) is 30.3 Å². The van der Waals surface area contributed by atoms with Gasteiger partial charge in [-0.3, -0.25) is 9.69 Å². The van der Waals surface area contributed by atoms with E-state index >= 15 is 0 Å². The Morgan fingerprint density at radius 2 is 1.74 bits per heavy atom. The van der Waals surface area contributed by atoms with Gasteiger partial charge in [0.2, 0.25) is 5.95 Å². The number of benzene rings is 2. The minimum absolute atomic E-state index is 0.0450. The van der Waals surface area contributed by atoms with Crippen LogP contribution >= 0.6 is 0 Å². The van der Waals surface area contributed by atoms with Crippen molar-refractivity contribution in [3.8, 4) is 11.5 Å². The lowest BCUT2D eigenvalue weighted by molar-refractivity contribution is -0.274. The van der Waals surface area contributed by atoms with Gasteiger partial charge in [-0.1, -0.05) is 12.1 Å². The maximum Gasteiger partial charge on any atom is 0.573 e. The molecule has 2 N–H and O–H groups in total. The SMILES string of the molecule is CCOc1cc(CN2CCC(Nc3ncc(C(=O)Nc4ccc(OC(F)(F)F)cc4)c(C(F)(F)F)n3)CC2)ccc1C. The molecule has 42 heavy (non-hydrogen) atoms. The second-order valence-corrected chi connectivity index (χ2v) is 9.71. The van der Waals surface area contributed by atoms with Crippen LogP contribution in [0.2, 0.25) is 0 Å². The number of hydrogen-bond acceptors (Lipinski definition) is 7. The Balaban J connectivity index is 1.37. The van der Waals surface area contributed by atoms with Crippen LogP contribution in [0.3, 0.4) is 0 Å². The van der Waals surface area contributed by atoms with Crippen molar-refractivity contribution >= 4 is 17.5 Å². The van der Waals surface area contributed by atoms with Crippen LogP contribution in [-0.4, -0.2) is 52.9 Å². The van der Waals surface area contributed by atoms with Gasteiger partial charge < -0.3 is 20.1 Å². The Bertz CT molecular complexity index is 1370. The van der Waals surface area contributed by atoms with Gasteiger partial charge in [0.1, 0.15) is 11.5 Å². The number of carbonyl (C=O) groups excluding carboxylic acids is 1. The van der Waals surface area contributed by atoms with E-state index < -0.39 is 35.5 Å². The second kappa shape index (κ2) is 12.8. The highest BCUT2D eigenvalue weighted by Crippen LogP contribution is 2.32. The van der Waals surface area contributed by atoms with E-state index in [4.69, 9.17) is 4.74 Å². The van der Waals surface area contributed by atoms with Crippen LogP contribution < -0.4 is 20.1 Å². The van der Waals surface area contributed by atoms with E-state index in [-0.39, 0.29) is 17.7 Å².